The predicted molar refractivity (Wildman–Crippen MR) is 69.0 cm³/mol. The zero-order chi connectivity index (χ0) is 13.0. The summed E-state index contributed by atoms with van der Waals surface area (Å²) in [5.41, 5.74) is 0. The third-order valence-corrected chi connectivity index (χ3v) is 49.1. The summed E-state index contributed by atoms with van der Waals surface area (Å²) >= 11 is 0.926. The van der Waals surface area contributed by atoms with Crippen molar-refractivity contribution in [1.82, 2.24) is 0 Å². The van der Waals surface area contributed by atoms with Crippen molar-refractivity contribution in [2.75, 3.05) is 13.3 Å². The SMILES string of the molecule is CCCC[I-]P(=N)([I-]CCCC)[I-]CCCC. The van der Waals surface area contributed by atoms with E-state index in [1.165, 1.54) is 51.8 Å². The Morgan fingerprint density at radius 3 is 1.24 bits per heavy atom. The number of nitrogens with one attached hydrogen (secondary N) is 1. The zero-order valence-electron chi connectivity index (χ0n) is 11.4. The van der Waals surface area contributed by atoms with E-state index < -0.39 is -0.0181 Å². The molecule has 1 N–H and O–H groups in total. The molecule has 0 aliphatic carbocycles. The first-order valence-corrected chi connectivity index (χ1v) is 21.4. The van der Waals surface area contributed by atoms with E-state index in [2.05, 4.69) is 20.8 Å². The molecule has 0 rings (SSSR count). The van der Waals surface area contributed by atoms with Crippen LogP contribution in [0.3, 0.4) is 0 Å². The van der Waals surface area contributed by atoms with Gasteiger partial charge in [-0.1, -0.05) is 0 Å². The van der Waals surface area contributed by atoms with E-state index in [4.69, 9.17) is 5.16 Å². The second-order valence-corrected chi connectivity index (χ2v) is 44.6. The summed E-state index contributed by atoms with van der Waals surface area (Å²) in [4.78, 5) is 0. The molecule has 0 aromatic rings. The maximum absolute atomic E-state index is 8.91. The van der Waals surface area contributed by atoms with Crippen molar-refractivity contribution in [1.29, 1.82) is 5.16 Å². The van der Waals surface area contributed by atoms with Gasteiger partial charge in [-0.25, -0.2) is 0 Å². The number of alkyl halides is 3. The molecule has 0 bridgehead atoms. The minimum atomic E-state index is -0.978. The van der Waals surface area contributed by atoms with E-state index in [1.807, 2.05) is 0 Å². The van der Waals surface area contributed by atoms with Crippen LogP contribution in [0, 0.1) is 5.16 Å². The number of rotatable bonds is 12. The Bertz CT molecular complexity index is 179. The molecular weight excluding hydrogens is 570 g/mol. The van der Waals surface area contributed by atoms with Crippen molar-refractivity contribution in [2.24, 2.45) is 0 Å². The van der Waals surface area contributed by atoms with Crippen LogP contribution in [0.15, 0.2) is 0 Å². The quantitative estimate of drug-likeness (QED) is 0.103. The Hall–Kier alpha value is 2.42. The van der Waals surface area contributed by atoms with Crippen LogP contribution in [0.5, 0.6) is 0 Å². The standard InChI is InChI=1S/C12H28I3NP/c1-4-7-10-13-17(16,14-11-8-5-2)15-12-9-6-3/h16H,4-12H2,1-3H3/q-3. The summed E-state index contributed by atoms with van der Waals surface area (Å²) in [6.07, 6.45) is 8.30. The molecule has 1 nitrogen and oxygen atoms in total. The topological polar surface area (TPSA) is 23.9 Å². The average molecular weight is 598 g/mol. The van der Waals surface area contributed by atoms with Gasteiger partial charge in [0, 0.05) is 0 Å². The van der Waals surface area contributed by atoms with Crippen molar-refractivity contribution in [3.8, 4) is 0 Å². The molecule has 110 valence electrons. The van der Waals surface area contributed by atoms with Crippen molar-refractivity contribution >= 4 is -0.0181 Å². The summed E-state index contributed by atoms with van der Waals surface area (Å²) in [6.45, 7) is 6.89. The summed E-state index contributed by atoms with van der Waals surface area (Å²) in [5.74, 6) is 0. The van der Waals surface area contributed by atoms with Gasteiger partial charge < -0.3 is 0 Å². The van der Waals surface area contributed by atoms with Gasteiger partial charge in [0.2, 0.25) is 0 Å². The Morgan fingerprint density at radius 2 is 1.00 bits per heavy atom. The monoisotopic (exact) mass is 598 g/mol. The molecule has 0 aromatic heterocycles. The maximum atomic E-state index is 8.91. The molecule has 0 radical (unpaired) electrons. The van der Waals surface area contributed by atoms with E-state index in [0.717, 1.165) is 0 Å². The summed E-state index contributed by atoms with van der Waals surface area (Å²) in [6, 6.07) is 0. The Morgan fingerprint density at radius 1 is 0.706 bits per heavy atom. The third-order valence-electron chi connectivity index (χ3n) is 2.17. The number of hydrogen-bond donors (Lipinski definition) is 1. The van der Waals surface area contributed by atoms with Crippen LogP contribution in [-0.4, -0.2) is 13.3 Å². The third kappa shape index (κ3) is 11.9. The molecular formula is C12H28I3NP-3. The van der Waals surface area contributed by atoms with Gasteiger partial charge in [-0.15, -0.1) is 0 Å². The first kappa shape index (κ1) is 19.4. The fourth-order valence-electron chi connectivity index (χ4n) is 0.994. The van der Waals surface area contributed by atoms with E-state index >= 15 is 0 Å². The van der Waals surface area contributed by atoms with Gasteiger partial charge in [0.25, 0.3) is 0 Å². The summed E-state index contributed by atoms with van der Waals surface area (Å²) in [5, 5.41) is 8.91. The van der Waals surface area contributed by atoms with Gasteiger partial charge in [-0.3, -0.25) is 0 Å². The summed E-state index contributed by atoms with van der Waals surface area (Å²) < 4.78 is 3.45. The Balaban J connectivity index is 4.00. The number of unbranched alkanes of at least 4 members (excludes halogenated alkanes) is 3. The molecule has 0 saturated heterocycles. The fourth-order valence-corrected chi connectivity index (χ4v) is 47.7. The normalized spacial score (nSPS) is 12.6. The van der Waals surface area contributed by atoms with E-state index in [-0.39, 0.29) is 0 Å². The van der Waals surface area contributed by atoms with Gasteiger partial charge in [0.1, 0.15) is 0 Å². The molecule has 5 heteroatoms. The molecule has 0 amide bonds. The van der Waals surface area contributed by atoms with Crippen LogP contribution < -0.4 is 62.0 Å². The van der Waals surface area contributed by atoms with Crippen LogP contribution in [0.4, 0.5) is 0 Å². The van der Waals surface area contributed by atoms with E-state index in [0.29, 0.717) is 62.0 Å². The van der Waals surface area contributed by atoms with Crippen molar-refractivity contribution in [2.45, 2.75) is 59.3 Å². The van der Waals surface area contributed by atoms with Crippen molar-refractivity contribution < 1.29 is 62.0 Å². The van der Waals surface area contributed by atoms with Gasteiger partial charge in [-0.05, 0) is 0 Å². The second-order valence-electron chi connectivity index (χ2n) is 3.93. The van der Waals surface area contributed by atoms with Gasteiger partial charge >= 0.3 is 140 Å². The van der Waals surface area contributed by atoms with Crippen LogP contribution in [0.1, 0.15) is 59.3 Å². The molecule has 0 fully saturated rings. The van der Waals surface area contributed by atoms with Gasteiger partial charge in [0.05, 0.1) is 0 Å². The van der Waals surface area contributed by atoms with Gasteiger partial charge in [-0.2, -0.15) is 0 Å². The molecule has 0 spiro atoms. The van der Waals surface area contributed by atoms with Crippen molar-refractivity contribution in [3.63, 3.8) is 0 Å². The Kier molecular flexibility index (Phi) is 15.3. The molecule has 0 aliphatic heterocycles. The van der Waals surface area contributed by atoms with Crippen molar-refractivity contribution in [3.05, 3.63) is 0 Å². The molecule has 0 aromatic carbocycles. The number of hydrogen-bond acceptors (Lipinski definition) is 1. The predicted octanol–water partition coefficient (Wildman–Crippen LogP) is -3.82. The molecule has 0 heterocycles. The van der Waals surface area contributed by atoms with Crippen LogP contribution in [0.2, 0.25) is 0 Å². The van der Waals surface area contributed by atoms with E-state index in [9.17, 15) is 0 Å². The van der Waals surface area contributed by atoms with Gasteiger partial charge in [0.15, 0.2) is 0 Å². The molecule has 0 unspecified atom stereocenters. The molecule has 0 aliphatic rings. The fraction of sp³-hybridized carbons (Fsp3) is 1.00. The molecule has 0 saturated carbocycles. The van der Waals surface area contributed by atoms with E-state index in [1.54, 1.807) is 0 Å². The molecule has 17 heavy (non-hydrogen) atoms. The summed E-state index contributed by atoms with van der Waals surface area (Å²) in [7, 11) is 0. The van der Waals surface area contributed by atoms with Crippen LogP contribution >= 0.6 is -0.0181 Å². The first-order valence-electron chi connectivity index (χ1n) is 6.65. The average Bonchev–Trinajstić information content (AvgIpc) is 2.30. The minimum absolute atomic E-state index is 0.309. The first-order chi connectivity index (χ1) is 8.18. The second kappa shape index (κ2) is 13.4. The number of halogens is 3. The Labute approximate surface area is 138 Å². The van der Waals surface area contributed by atoms with Crippen LogP contribution in [0.25, 0.3) is 0 Å². The molecule has 0 atom stereocenters. The zero-order valence-corrected chi connectivity index (χ0v) is 18.8. The van der Waals surface area contributed by atoms with Crippen LogP contribution in [-0.2, 0) is 0 Å².